The van der Waals surface area contributed by atoms with Crippen LogP contribution in [0.1, 0.15) is 0 Å². The predicted octanol–water partition coefficient (Wildman–Crippen LogP) is 1.33. The van der Waals surface area contributed by atoms with Crippen molar-refractivity contribution in [1.82, 2.24) is 4.72 Å². The third-order valence-electron chi connectivity index (χ3n) is 2.40. The quantitative estimate of drug-likeness (QED) is 0.773. The van der Waals surface area contributed by atoms with E-state index in [1.165, 1.54) is 13.1 Å². The molecule has 0 bridgehead atoms. The van der Waals surface area contributed by atoms with Crippen LogP contribution in [0, 0.1) is 0 Å². The van der Waals surface area contributed by atoms with Gasteiger partial charge in [0.15, 0.2) is 0 Å². The van der Waals surface area contributed by atoms with Gasteiger partial charge in [-0.2, -0.15) is 0 Å². The summed E-state index contributed by atoms with van der Waals surface area (Å²) in [6, 6.07) is 10.5. The van der Waals surface area contributed by atoms with Crippen LogP contribution in [-0.4, -0.2) is 15.5 Å². The molecular formula is C11H12N2O2S. The molecule has 5 heteroatoms. The fraction of sp³-hybridized carbons (Fsp3) is 0.0909. The van der Waals surface area contributed by atoms with Crippen LogP contribution in [0.25, 0.3) is 10.8 Å². The molecule has 0 radical (unpaired) electrons. The summed E-state index contributed by atoms with van der Waals surface area (Å²) in [6.45, 7) is 0. The molecule has 0 amide bonds. The lowest BCUT2D eigenvalue weighted by molar-refractivity contribution is 0.589. The van der Waals surface area contributed by atoms with Crippen LogP contribution >= 0.6 is 0 Å². The van der Waals surface area contributed by atoms with Crippen LogP contribution in [0.15, 0.2) is 41.3 Å². The van der Waals surface area contributed by atoms with Gasteiger partial charge in [-0.25, -0.2) is 13.1 Å². The third kappa shape index (κ3) is 1.75. The molecule has 2 aromatic carbocycles. The third-order valence-corrected chi connectivity index (χ3v) is 3.86. The van der Waals surface area contributed by atoms with Gasteiger partial charge in [-0.15, -0.1) is 0 Å². The maximum Gasteiger partial charge on any atom is 0.241 e. The van der Waals surface area contributed by atoms with Gasteiger partial charge in [-0.1, -0.05) is 24.3 Å². The second-order valence-corrected chi connectivity index (χ2v) is 5.30. The molecule has 0 saturated carbocycles. The van der Waals surface area contributed by atoms with Gasteiger partial charge in [0.2, 0.25) is 10.0 Å². The molecule has 3 N–H and O–H groups in total. The minimum Gasteiger partial charge on any atom is -0.399 e. The zero-order chi connectivity index (χ0) is 11.8. The number of hydrogen-bond donors (Lipinski definition) is 2. The number of sulfonamides is 1. The van der Waals surface area contributed by atoms with Crippen LogP contribution in [0.2, 0.25) is 0 Å². The SMILES string of the molecule is CNS(=O)(=O)c1cc(N)cc2ccccc12. The molecule has 16 heavy (non-hydrogen) atoms. The monoisotopic (exact) mass is 236 g/mol. The largest absolute Gasteiger partial charge is 0.399 e. The van der Waals surface area contributed by atoms with Crippen molar-refractivity contribution in [3.63, 3.8) is 0 Å². The highest BCUT2D eigenvalue weighted by molar-refractivity contribution is 7.89. The van der Waals surface area contributed by atoms with E-state index in [2.05, 4.69) is 4.72 Å². The van der Waals surface area contributed by atoms with Crippen LogP contribution in [0.3, 0.4) is 0 Å². The zero-order valence-electron chi connectivity index (χ0n) is 8.77. The Hall–Kier alpha value is -1.59. The molecule has 0 unspecified atom stereocenters. The predicted molar refractivity (Wildman–Crippen MR) is 64.6 cm³/mol. The molecule has 0 saturated heterocycles. The Balaban J connectivity index is 2.89. The average Bonchev–Trinajstić information content (AvgIpc) is 2.28. The second kappa shape index (κ2) is 3.77. The summed E-state index contributed by atoms with van der Waals surface area (Å²) in [5.74, 6) is 0. The van der Waals surface area contributed by atoms with Crippen LogP contribution in [-0.2, 0) is 10.0 Å². The highest BCUT2D eigenvalue weighted by Gasteiger charge is 2.15. The molecule has 0 spiro atoms. The van der Waals surface area contributed by atoms with Gasteiger partial charge in [0.05, 0.1) is 4.90 Å². The lowest BCUT2D eigenvalue weighted by Gasteiger charge is -2.08. The minimum atomic E-state index is -3.48. The Morgan fingerprint density at radius 2 is 1.88 bits per heavy atom. The van der Waals surface area contributed by atoms with Crippen molar-refractivity contribution >= 4 is 26.5 Å². The van der Waals surface area contributed by atoms with E-state index >= 15 is 0 Å². The first-order valence-electron chi connectivity index (χ1n) is 4.76. The van der Waals surface area contributed by atoms with E-state index in [4.69, 9.17) is 5.73 Å². The highest BCUT2D eigenvalue weighted by atomic mass is 32.2. The summed E-state index contributed by atoms with van der Waals surface area (Å²) in [6.07, 6.45) is 0. The summed E-state index contributed by atoms with van der Waals surface area (Å²) in [4.78, 5) is 0.214. The average molecular weight is 236 g/mol. The van der Waals surface area contributed by atoms with Crippen LogP contribution in [0.4, 0.5) is 5.69 Å². The molecule has 0 atom stereocenters. The summed E-state index contributed by atoms with van der Waals surface area (Å²) >= 11 is 0. The molecule has 2 rings (SSSR count). The molecule has 0 aliphatic heterocycles. The molecule has 0 heterocycles. The maximum absolute atomic E-state index is 11.8. The Kier molecular flexibility index (Phi) is 2.57. The topological polar surface area (TPSA) is 72.2 Å². The standard InChI is InChI=1S/C11H12N2O2S/c1-13-16(14,15)11-7-9(12)6-8-4-2-3-5-10(8)11/h2-7,13H,12H2,1H3. The number of nitrogens with two attached hydrogens (primary N) is 1. The lowest BCUT2D eigenvalue weighted by atomic mass is 10.1. The van der Waals surface area contributed by atoms with E-state index in [9.17, 15) is 8.42 Å². The van der Waals surface area contributed by atoms with Gasteiger partial charge in [-0.3, -0.25) is 0 Å². The van der Waals surface area contributed by atoms with E-state index in [-0.39, 0.29) is 4.90 Å². The van der Waals surface area contributed by atoms with E-state index < -0.39 is 10.0 Å². The number of fused-ring (bicyclic) bond motifs is 1. The van der Waals surface area contributed by atoms with Crippen LogP contribution < -0.4 is 10.5 Å². The molecule has 84 valence electrons. The van der Waals surface area contributed by atoms with Crippen molar-refractivity contribution in [2.45, 2.75) is 4.90 Å². The molecule has 0 fully saturated rings. The second-order valence-electron chi connectivity index (χ2n) is 3.45. The van der Waals surface area contributed by atoms with E-state index in [0.29, 0.717) is 11.1 Å². The van der Waals surface area contributed by atoms with E-state index in [1.807, 2.05) is 12.1 Å². The normalized spacial score (nSPS) is 11.8. The Morgan fingerprint density at radius 1 is 1.19 bits per heavy atom. The smallest absolute Gasteiger partial charge is 0.241 e. The summed E-state index contributed by atoms with van der Waals surface area (Å²) in [5.41, 5.74) is 6.12. The Bertz CT molecular complexity index is 635. The van der Waals surface area contributed by atoms with Crippen molar-refractivity contribution in [3.05, 3.63) is 36.4 Å². The molecule has 0 aliphatic rings. The van der Waals surface area contributed by atoms with E-state index in [0.717, 1.165) is 5.39 Å². The van der Waals surface area contributed by atoms with Crippen LogP contribution in [0.5, 0.6) is 0 Å². The molecular weight excluding hydrogens is 224 g/mol. The summed E-state index contributed by atoms with van der Waals surface area (Å²) in [7, 11) is -2.10. The van der Waals surface area contributed by atoms with Gasteiger partial charge in [-0.05, 0) is 24.6 Å². The molecule has 0 aliphatic carbocycles. The van der Waals surface area contributed by atoms with E-state index in [1.54, 1.807) is 18.2 Å². The summed E-state index contributed by atoms with van der Waals surface area (Å²) in [5, 5.41) is 1.49. The van der Waals surface area contributed by atoms with Crippen molar-refractivity contribution < 1.29 is 8.42 Å². The van der Waals surface area contributed by atoms with Gasteiger partial charge < -0.3 is 5.73 Å². The number of nitrogens with one attached hydrogen (secondary N) is 1. The lowest BCUT2D eigenvalue weighted by Crippen LogP contribution is -2.19. The minimum absolute atomic E-state index is 0.214. The fourth-order valence-corrected chi connectivity index (χ4v) is 2.62. The number of benzene rings is 2. The fourth-order valence-electron chi connectivity index (χ4n) is 1.63. The van der Waals surface area contributed by atoms with Crippen molar-refractivity contribution in [3.8, 4) is 0 Å². The zero-order valence-corrected chi connectivity index (χ0v) is 9.58. The molecule has 2 aromatic rings. The number of anilines is 1. The molecule has 4 nitrogen and oxygen atoms in total. The maximum atomic E-state index is 11.8. The Labute approximate surface area is 94.1 Å². The number of hydrogen-bond acceptors (Lipinski definition) is 3. The number of rotatable bonds is 2. The first-order valence-corrected chi connectivity index (χ1v) is 6.25. The first-order chi connectivity index (χ1) is 7.54. The van der Waals surface area contributed by atoms with Gasteiger partial charge in [0.1, 0.15) is 0 Å². The van der Waals surface area contributed by atoms with Crippen molar-refractivity contribution in [2.75, 3.05) is 12.8 Å². The summed E-state index contributed by atoms with van der Waals surface area (Å²) < 4.78 is 25.9. The number of nitrogen functional groups attached to an aromatic ring is 1. The van der Waals surface area contributed by atoms with Crippen molar-refractivity contribution in [2.24, 2.45) is 0 Å². The van der Waals surface area contributed by atoms with Gasteiger partial charge >= 0.3 is 0 Å². The Morgan fingerprint density at radius 3 is 2.56 bits per heavy atom. The van der Waals surface area contributed by atoms with Gasteiger partial charge in [0.25, 0.3) is 0 Å². The van der Waals surface area contributed by atoms with Gasteiger partial charge in [0, 0.05) is 11.1 Å². The first kappa shape index (κ1) is 10.9. The highest BCUT2D eigenvalue weighted by Crippen LogP contribution is 2.25. The van der Waals surface area contributed by atoms with Crippen molar-refractivity contribution in [1.29, 1.82) is 0 Å². The molecule has 0 aromatic heterocycles.